The number of rotatable bonds is 6. The molecule has 0 amide bonds. The molecule has 5 nitrogen and oxygen atoms in total. The molecule has 1 aliphatic rings. The average Bonchev–Trinajstić information content (AvgIpc) is 2.49. The van der Waals surface area contributed by atoms with E-state index in [-0.39, 0.29) is 0 Å². The van der Waals surface area contributed by atoms with Gasteiger partial charge in [0.1, 0.15) is 6.61 Å². The van der Waals surface area contributed by atoms with Crippen LogP contribution in [0.25, 0.3) is 0 Å². The van der Waals surface area contributed by atoms with Gasteiger partial charge in [-0.2, -0.15) is 0 Å². The molecular weight excluding hydrogens is 254 g/mol. The SMILES string of the molecule is COc1ccc(CN)cc1OCCN1CCN(C)CC1. The third-order valence-electron chi connectivity index (χ3n) is 3.72. The highest BCUT2D eigenvalue weighted by atomic mass is 16.5. The molecular formula is C15H25N3O2. The van der Waals surface area contributed by atoms with E-state index in [2.05, 4.69) is 16.8 Å². The van der Waals surface area contributed by atoms with Crippen LogP contribution >= 0.6 is 0 Å². The summed E-state index contributed by atoms with van der Waals surface area (Å²) in [6.07, 6.45) is 0. The topological polar surface area (TPSA) is 51.0 Å². The van der Waals surface area contributed by atoms with Crippen LogP contribution in [0.15, 0.2) is 18.2 Å². The van der Waals surface area contributed by atoms with Gasteiger partial charge in [-0.15, -0.1) is 0 Å². The lowest BCUT2D eigenvalue weighted by atomic mass is 10.2. The Morgan fingerprint density at radius 1 is 1.15 bits per heavy atom. The van der Waals surface area contributed by atoms with Crippen molar-refractivity contribution in [2.75, 3.05) is 53.5 Å². The van der Waals surface area contributed by atoms with Gasteiger partial charge in [-0.25, -0.2) is 0 Å². The van der Waals surface area contributed by atoms with E-state index in [9.17, 15) is 0 Å². The fraction of sp³-hybridized carbons (Fsp3) is 0.600. The first-order chi connectivity index (χ1) is 9.72. The van der Waals surface area contributed by atoms with Gasteiger partial charge in [0.05, 0.1) is 7.11 Å². The number of methoxy groups -OCH3 is 1. The molecule has 0 bridgehead atoms. The van der Waals surface area contributed by atoms with E-state index in [1.165, 1.54) is 0 Å². The summed E-state index contributed by atoms with van der Waals surface area (Å²) in [6.45, 7) is 6.62. The van der Waals surface area contributed by atoms with Gasteiger partial charge in [-0.3, -0.25) is 4.90 Å². The van der Waals surface area contributed by atoms with Gasteiger partial charge in [0.2, 0.25) is 0 Å². The maximum Gasteiger partial charge on any atom is 0.161 e. The minimum atomic E-state index is 0.513. The van der Waals surface area contributed by atoms with E-state index in [0.717, 1.165) is 49.8 Å². The van der Waals surface area contributed by atoms with E-state index in [1.54, 1.807) is 7.11 Å². The Morgan fingerprint density at radius 2 is 1.90 bits per heavy atom. The Morgan fingerprint density at radius 3 is 2.55 bits per heavy atom. The summed E-state index contributed by atoms with van der Waals surface area (Å²) in [5.41, 5.74) is 6.72. The zero-order chi connectivity index (χ0) is 14.4. The quantitative estimate of drug-likeness (QED) is 0.834. The van der Waals surface area contributed by atoms with Crippen LogP contribution in [0.4, 0.5) is 0 Å². The van der Waals surface area contributed by atoms with Crippen LogP contribution in [0, 0.1) is 0 Å². The molecule has 1 fully saturated rings. The minimum Gasteiger partial charge on any atom is -0.493 e. The first kappa shape index (κ1) is 15.1. The number of nitrogens with two attached hydrogens (primary N) is 1. The Bertz CT molecular complexity index is 418. The van der Waals surface area contributed by atoms with Gasteiger partial charge in [0.15, 0.2) is 11.5 Å². The van der Waals surface area contributed by atoms with Crippen LogP contribution in [0.3, 0.4) is 0 Å². The molecule has 0 radical (unpaired) electrons. The van der Waals surface area contributed by atoms with Crippen LogP contribution < -0.4 is 15.2 Å². The number of hydrogen-bond donors (Lipinski definition) is 1. The summed E-state index contributed by atoms with van der Waals surface area (Å²) >= 11 is 0. The van der Waals surface area contributed by atoms with Crippen LogP contribution in [0.1, 0.15) is 5.56 Å². The molecule has 0 aliphatic carbocycles. The zero-order valence-corrected chi connectivity index (χ0v) is 12.5. The third kappa shape index (κ3) is 4.10. The van der Waals surface area contributed by atoms with E-state index >= 15 is 0 Å². The molecule has 112 valence electrons. The molecule has 1 saturated heterocycles. The van der Waals surface area contributed by atoms with E-state index in [4.69, 9.17) is 15.2 Å². The van der Waals surface area contributed by atoms with Gasteiger partial charge in [-0.05, 0) is 24.7 Å². The second-order valence-electron chi connectivity index (χ2n) is 5.18. The number of piperazine rings is 1. The third-order valence-corrected chi connectivity index (χ3v) is 3.72. The number of hydrogen-bond acceptors (Lipinski definition) is 5. The summed E-state index contributed by atoms with van der Waals surface area (Å²) in [5, 5.41) is 0. The van der Waals surface area contributed by atoms with Crippen LogP contribution in [-0.4, -0.2) is 63.3 Å². The van der Waals surface area contributed by atoms with Gasteiger partial charge in [0.25, 0.3) is 0 Å². The molecule has 1 aromatic carbocycles. The maximum atomic E-state index is 5.86. The normalized spacial score (nSPS) is 17.1. The molecule has 5 heteroatoms. The van der Waals surface area contributed by atoms with Gasteiger partial charge >= 0.3 is 0 Å². The van der Waals surface area contributed by atoms with Crippen molar-refractivity contribution in [3.8, 4) is 11.5 Å². The van der Waals surface area contributed by atoms with Gasteiger partial charge in [-0.1, -0.05) is 6.07 Å². The Labute approximate surface area is 121 Å². The van der Waals surface area contributed by atoms with Crippen molar-refractivity contribution in [2.24, 2.45) is 5.73 Å². The highest BCUT2D eigenvalue weighted by molar-refractivity contribution is 5.42. The second kappa shape index (κ2) is 7.47. The van der Waals surface area contributed by atoms with Crippen LogP contribution in [-0.2, 0) is 6.54 Å². The molecule has 20 heavy (non-hydrogen) atoms. The van der Waals surface area contributed by atoms with Crippen molar-refractivity contribution >= 4 is 0 Å². The lowest BCUT2D eigenvalue weighted by molar-refractivity contribution is 0.133. The smallest absolute Gasteiger partial charge is 0.161 e. The fourth-order valence-corrected chi connectivity index (χ4v) is 2.32. The van der Waals surface area contributed by atoms with Crippen molar-refractivity contribution in [3.63, 3.8) is 0 Å². The molecule has 1 aromatic rings. The molecule has 0 saturated carbocycles. The summed E-state index contributed by atoms with van der Waals surface area (Å²) in [6, 6.07) is 5.84. The largest absolute Gasteiger partial charge is 0.493 e. The first-order valence-electron chi connectivity index (χ1n) is 7.13. The second-order valence-corrected chi connectivity index (χ2v) is 5.18. The van der Waals surface area contributed by atoms with E-state index in [1.807, 2.05) is 18.2 Å². The molecule has 0 spiro atoms. The molecule has 0 aromatic heterocycles. The van der Waals surface area contributed by atoms with Crippen LogP contribution in [0.2, 0.25) is 0 Å². The number of benzene rings is 1. The van der Waals surface area contributed by atoms with Crippen molar-refractivity contribution in [2.45, 2.75) is 6.54 Å². The Hall–Kier alpha value is -1.30. The molecule has 1 heterocycles. The number of ether oxygens (including phenoxy) is 2. The highest BCUT2D eigenvalue weighted by Crippen LogP contribution is 2.27. The fourth-order valence-electron chi connectivity index (χ4n) is 2.32. The Kier molecular flexibility index (Phi) is 5.64. The molecule has 0 unspecified atom stereocenters. The monoisotopic (exact) mass is 279 g/mol. The summed E-state index contributed by atoms with van der Waals surface area (Å²) in [4.78, 5) is 4.78. The molecule has 1 aliphatic heterocycles. The minimum absolute atomic E-state index is 0.513. The summed E-state index contributed by atoms with van der Waals surface area (Å²) in [7, 11) is 3.82. The Balaban J connectivity index is 1.84. The summed E-state index contributed by atoms with van der Waals surface area (Å²) in [5.74, 6) is 1.55. The number of nitrogens with zero attached hydrogens (tertiary/aromatic N) is 2. The van der Waals surface area contributed by atoms with Crippen molar-refractivity contribution in [1.82, 2.24) is 9.80 Å². The predicted molar refractivity (Wildman–Crippen MR) is 80.3 cm³/mol. The standard InChI is InChI=1S/C15H25N3O2/c1-17-5-7-18(8-6-17)9-10-20-15-11-13(12-16)3-4-14(15)19-2/h3-4,11H,5-10,12,16H2,1-2H3. The van der Waals surface area contributed by atoms with Crippen molar-refractivity contribution < 1.29 is 9.47 Å². The maximum absolute atomic E-state index is 5.86. The van der Waals surface area contributed by atoms with Crippen molar-refractivity contribution in [3.05, 3.63) is 23.8 Å². The molecule has 2 rings (SSSR count). The zero-order valence-electron chi connectivity index (χ0n) is 12.5. The lowest BCUT2D eigenvalue weighted by Gasteiger charge is -2.32. The van der Waals surface area contributed by atoms with Gasteiger partial charge in [0, 0.05) is 39.3 Å². The average molecular weight is 279 g/mol. The predicted octanol–water partition coefficient (Wildman–Crippen LogP) is 0.780. The first-order valence-corrected chi connectivity index (χ1v) is 7.13. The lowest BCUT2D eigenvalue weighted by Crippen LogP contribution is -2.45. The summed E-state index contributed by atoms with van der Waals surface area (Å²) < 4.78 is 11.2. The van der Waals surface area contributed by atoms with E-state index in [0.29, 0.717) is 13.2 Å². The van der Waals surface area contributed by atoms with Gasteiger partial charge < -0.3 is 20.1 Å². The molecule has 0 atom stereocenters. The number of likely N-dealkylation sites (N-methyl/N-ethyl adjacent to an activating group) is 1. The highest BCUT2D eigenvalue weighted by Gasteiger charge is 2.13. The van der Waals surface area contributed by atoms with Crippen LogP contribution in [0.5, 0.6) is 11.5 Å². The van der Waals surface area contributed by atoms with E-state index < -0.39 is 0 Å². The van der Waals surface area contributed by atoms with Crippen molar-refractivity contribution in [1.29, 1.82) is 0 Å². The molecule has 2 N–H and O–H groups in total.